The smallest absolute Gasteiger partial charge is 0.419 e. The topological polar surface area (TPSA) is 40.6 Å². The first-order chi connectivity index (χ1) is 19.5. The van der Waals surface area contributed by atoms with Gasteiger partial charge in [0, 0.05) is 11.6 Å². The molecule has 0 atom stereocenters. The summed E-state index contributed by atoms with van der Waals surface area (Å²) in [5.41, 5.74) is -0.402. The van der Waals surface area contributed by atoms with Crippen molar-refractivity contribution in [2.24, 2.45) is 0 Å². The minimum Gasteiger partial charge on any atom is -0.490 e. The molecule has 0 radical (unpaired) electrons. The molecular weight excluding hydrogens is 568 g/mol. The summed E-state index contributed by atoms with van der Waals surface area (Å²) in [6.07, 6.45) is -3.25. The fraction of sp³-hybridized carbons (Fsp3) is 0.233. The zero-order valence-corrected chi connectivity index (χ0v) is 23.6. The highest BCUT2D eigenvalue weighted by Crippen LogP contribution is 2.44. The Balaban J connectivity index is 0.00000226. The Morgan fingerprint density at radius 2 is 1.54 bits per heavy atom. The maximum Gasteiger partial charge on any atom is 0.419 e. The van der Waals surface area contributed by atoms with E-state index < -0.39 is 46.4 Å². The van der Waals surface area contributed by atoms with Gasteiger partial charge in [-0.3, -0.25) is 4.98 Å². The number of thioether (sulfide) groups is 1. The number of hydrogen-bond acceptors (Lipinski definition) is 5. The number of hydrogen-bond donors (Lipinski definition) is 0. The number of aryl methyl sites for hydroxylation is 1. The first-order valence-electron chi connectivity index (χ1n) is 12.4. The Morgan fingerprint density at radius 1 is 0.854 bits per heavy atom. The Hall–Kier alpha value is -3.86. The van der Waals surface area contributed by atoms with Crippen molar-refractivity contribution in [3.63, 3.8) is 0 Å². The minimum atomic E-state index is -5.06. The van der Waals surface area contributed by atoms with Crippen molar-refractivity contribution in [2.45, 2.75) is 38.4 Å². The van der Waals surface area contributed by atoms with Crippen LogP contribution in [0.1, 0.15) is 30.7 Å². The molecule has 4 aromatic rings. The molecule has 4 rings (SSSR count). The lowest BCUT2D eigenvalue weighted by Crippen LogP contribution is -2.09. The van der Waals surface area contributed by atoms with Gasteiger partial charge in [0.15, 0.2) is 11.6 Å². The van der Waals surface area contributed by atoms with E-state index in [1.165, 1.54) is 17.8 Å². The molecule has 0 amide bonds. The van der Waals surface area contributed by atoms with E-state index in [9.17, 15) is 26.3 Å². The molecular formula is C30H27F6NO3S. The van der Waals surface area contributed by atoms with Crippen LogP contribution in [-0.2, 0) is 12.8 Å². The monoisotopic (exact) mass is 595 g/mol. The summed E-state index contributed by atoms with van der Waals surface area (Å²) in [4.78, 5) is 5.12. The third-order valence-electron chi connectivity index (χ3n) is 5.64. The van der Waals surface area contributed by atoms with E-state index in [0.29, 0.717) is 28.5 Å². The lowest BCUT2D eigenvalue weighted by molar-refractivity contribution is -0.140. The molecule has 0 aliphatic rings. The second kappa shape index (κ2) is 13.7. The van der Waals surface area contributed by atoms with Crippen LogP contribution < -0.4 is 14.2 Å². The normalized spacial score (nSPS) is 11.0. The second-order valence-corrected chi connectivity index (χ2v) is 9.04. The van der Waals surface area contributed by atoms with Gasteiger partial charge in [0.2, 0.25) is 11.6 Å². The number of aromatic nitrogens is 1. The van der Waals surface area contributed by atoms with Crippen molar-refractivity contribution in [3.05, 3.63) is 94.9 Å². The number of nitrogens with zero attached hydrogens (tertiary/aromatic N) is 1. The third-order valence-corrected chi connectivity index (χ3v) is 6.54. The third kappa shape index (κ3) is 7.27. The van der Waals surface area contributed by atoms with Crippen LogP contribution >= 0.6 is 11.8 Å². The van der Waals surface area contributed by atoms with E-state index in [-0.39, 0.29) is 17.9 Å². The predicted molar refractivity (Wildman–Crippen MR) is 146 cm³/mol. The van der Waals surface area contributed by atoms with E-state index in [1.54, 1.807) is 13.2 Å². The molecule has 1 heterocycles. The lowest BCUT2D eigenvalue weighted by atomic mass is 10.0. The maximum absolute atomic E-state index is 14.8. The highest BCUT2D eigenvalue weighted by atomic mass is 32.2. The van der Waals surface area contributed by atoms with E-state index >= 15 is 0 Å². The second-order valence-electron chi connectivity index (χ2n) is 8.22. The molecule has 0 saturated heterocycles. The van der Waals surface area contributed by atoms with E-state index in [1.807, 2.05) is 44.2 Å². The number of ether oxygens (including phenoxy) is 3. The van der Waals surface area contributed by atoms with E-state index in [0.717, 1.165) is 24.8 Å². The molecule has 4 nitrogen and oxygen atoms in total. The molecule has 0 unspecified atom stereocenters. The molecule has 11 heteroatoms. The van der Waals surface area contributed by atoms with Gasteiger partial charge in [0.25, 0.3) is 0 Å². The predicted octanol–water partition coefficient (Wildman–Crippen LogP) is 9.62. The van der Waals surface area contributed by atoms with Crippen LogP contribution in [0, 0.1) is 24.4 Å². The van der Waals surface area contributed by atoms with Crippen LogP contribution in [0.25, 0.3) is 11.3 Å². The molecule has 0 bridgehead atoms. The van der Waals surface area contributed by atoms with Gasteiger partial charge in [-0.1, -0.05) is 44.2 Å². The van der Waals surface area contributed by atoms with E-state index in [4.69, 9.17) is 14.2 Å². The van der Waals surface area contributed by atoms with Gasteiger partial charge in [-0.25, -0.2) is 8.78 Å². The number of pyridine rings is 1. The number of rotatable bonds is 8. The van der Waals surface area contributed by atoms with Crippen LogP contribution in [0.5, 0.6) is 23.0 Å². The van der Waals surface area contributed by atoms with Crippen molar-refractivity contribution in [1.29, 1.82) is 0 Å². The molecule has 1 aromatic heterocycles. The molecule has 41 heavy (non-hydrogen) atoms. The van der Waals surface area contributed by atoms with Crippen molar-refractivity contribution in [2.75, 3.05) is 13.4 Å². The summed E-state index contributed by atoms with van der Waals surface area (Å²) in [6, 6.07) is 13.5. The highest BCUT2D eigenvalue weighted by molar-refractivity contribution is 7.98. The first-order valence-corrected chi connectivity index (χ1v) is 13.6. The summed E-state index contributed by atoms with van der Waals surface area (Å²) in [5.74, 6) is -5.45. The summed E-state index contributed by atoms with van der Waals surface area (Å²) in [6.45, 7) is 5.86. The number of alkyl halides is 3. The van der Waals surface area contributed by atoms with Gasteiger partial charge in [-0.2, -0.15) is 17.6 Å². The zero-order valence-electron chi connectivity index (χ0n) is 22.8. The van der Waals surface area contributed by atoms with Crippen molar-refractivity contribution >= 4 is 11.8 Å². The van der Waals surface area contributed by atoms with Crippen molar-refractivity contribution < 1.29 is 40.6 Å². The first kappa shape index (κ1) is 31.7. The Morgan fingerprint density at radius 3 is 2.15 bits per heavy atom. The van der Waals surface area contributed by atoms with Gasteiger partial charge < -0.3 is 14.2 Å². The molecule has 218 valence electrons. The Bertz CT molecular complexity index is 1500. The Labute approximate surface area is 238 Å². The molecule has 0 aliphatic carbocycles. The van der Waals surface area contributed by atoms with Gasteiger partial charge in [0.1, 0.15) is 23.9 Å². The average Bonchev–Trinajstić information content (AvgIpc) is 2.95. The quantitative estimate of drug-likeness (QED) is 0.150. The highest BCUT2D eigenvalue weighted by Gasteiger charge is 2.36. The van der Waals surface area contributed by atoms with Crippen molar-refractivity contribution in [1.82, 2.24) is 4.98 Å². The molecule has 3 aromatic carbocycles. The van der Waals surface area contributed by atoms with Gasteiger partial charge in [-0.15, -0.1) is 11.8 Å². The molecule has 0 aliphatic heterocycles. The summed E-state index contributed by atoms with van der Waals surface area (Å²) in [7, 11) is 1.04. The maximum atomic E-state index is 14.8. The number of benzene rings is 3. The van der Waals surface area contributed by atoms with Crippen LogP contribution in [0.2, 0.25) is 0 Å². The van der Waals surface area contributed by atoms with Crippen molar-refractivity contribution in [3.8, 4) is 34.3 Å². The van der Waals surface area contributed by atoms with Gasteiger partial charge in [-0.05, 0) is 43.0 Å². The molecule has 0 N–H and O–H groups in total. The lowest BCUT2D eigenvalue weighted by Gasteiger charge is -2.19. The Kier molecular flexibility index (Phi) is 10.6. The number of methoxy groups -OCH3 is 1. The fourth-order valence-corrected chi connectivity index (χ4v) is 4.48. The van der Waals surface area contributed by atoms with Crippen LogP contribution in [-0.4, -0.2) is 18.3 Å². The summed E-state index contributed by atoms with van der Waals surface area (Å²) in [5, 5.41) is 0. The van der Waals surface area contributed by atoms with E-state index in [2.05, 4.69) is 4.98 Å². The average molecular weight is 596 g/mol. The SMILES string of the molecule is CC.COc1c(Oc2cc(C(F)(F)F)c(F)cc2-c2cc(OCc3ccccc3)c(SC)c(C)n2)ccc(F)c1F. The molecule has 0 fully saturated rings. The van der Waals surface area contributed by atoms with Crippen LogP contribution in [0.3, 0.4) is 0 Å². The largest absolute Gasteiger partial charge is 0.490 e. The van der Waals surface area contributed by atoms with Gasteiger partial charge >= 0.3 is 6.18 Å². The van der Waals surface area contributed by atoms with Gasteiger partial charge in [0.05, 0.1) is 29.0 Å². The molecule has 0 saturated carbocycles. The number of halogens is 6. The van der Waals surface area contributed by atoms with Crippen LogP contribution in [0.4, 0.5) is 26.3 Å². The summed E-state index contributed by atoms with van der Waals surface area (Å²) >= 11 is 1.35. The van der Waals surface area contributed by atoms with Crippen LogP contribution in [0.15, 0.2) is 65.6 Å². The fourth-order valence-electron chi connectivity index (χ4n) is 3.82. The minimum absolute atomic E-state index is 0.0394. The summed E-state index contributed by atoms with van der Waals surface area (Å²) < 4.78 is 100.0. The molecule has 0 spiro atoms. The standard InChI is InChI=1S/C28H21F6NO3S.C2H6/c1-15-27(39-3)24(37-14-16-7-5-4-6-8-16)13-21(35-15)17-11-20(30)18(28(32,33)34)12-23(17)38-22-10-9-19(29)25(31)26(22)36-2;1-2/h4-13H,14H2,1-3H3;1-2H3. The zero-order chi connectivity index (χ0) is 30.3.